The molecule has 10 heteroatoms. The van der Waals surface area contributed by atoms with Crippen molar-refractivity contribution < 1.29 is 23.9 Å². The summed E-state index contributed by atoms with van der Waals surface area (Å²) in [5.41, 5.74) is 1.50. The maximum absolute atomic E-state index is 13.5. The monoisotopic (exact) mass is 589 g/mol. The van der Waals surface area contributed by atoms with Gasteiger partial charge in [0.05, 0.1) is 29.6 Å². The van der Waals surface area contributed by atoms with Gasteiger partial charge >= 0.3 is 17.8 Å². The van der Waals surface area contributed by atoms with Gasteiger partial charge in [0.15, 0.2) is 6.04 Å². The molecule has 3 rings (SSSR count). The van der Waals surface area contributed by atoms with Crippen molar-refractivity contribution in [2.24, 2.45) is 0 Å². The van der Waals surface area contributed by atoms with E-state index in [1.54, 1.807) is 31.4 Å². The molecule has 0 fully saturated rings. The quantitative estimate of drug-likeness (QED) is 0.220. The molecule has 1 aromatic heterocycles. The van der Waals surface area contributed by atoms with Crippen molar-refractivity contribution in [1.29, 1.82) is 0 Å². The third-order valence-electron chi connectivity index (χ3n) is 5.96. The minimum atomic E-state index is -1.01. The van der Waals surface area contributed by atoms with Gasteiger partial charge in [0, 0.05) is 25.7 Å². The Morgan fingerprint density at radius 3 is 2.76 bits per heavy atom. The summed E-state index contributed by atoms with van der Waals surface area (Å²) in [7, 11) is 1.57. The number of carbonyl (C=O) groups excluding carboxylic acids is 3. The maximum Gasteiger partial charge on any atom is 0.333 e. The second-order valence-corrected chi connectivity index (χ2v) is 10.4. The lowest BCUT2D eigenvalue weighted by molar-refractivity contribution is -0.161. The maximum atomic E-state index is 13.5. The van der Waals surface area contributed by atoms with Crippen molar-refractivity contribution in [3.05, 3.63) is 50.1 Å². The lowest BCUT2D eigenvalue weighted by Gasteiger charge is -2.37. The van der Waals surface area contributed by atoms with Crippen LogP contribution in [0, 0.1) is 11.8 Å². The molecule has 2 heterocycles. The van der Waals surface area contributed by atoms with Gasteiger partial charge in [-0.15, -0.1) is 11.3 Å². The first-order chi connectivity index (χ1) is 17.8. The summed E-state index contributed by atoms with van der Waals surface area (Å²) >= 11 is 5.05. The molecule has 2 aromatic rings. The SMILES string of the molecule is CCOC(=O)C1c2cc(Br)c(OC)cc2CCN1C(=O)C(=O)N(CCNCC#Cc1cccs1)C(C)C. The zero-order chi connectivity index (χ0) is 26.9. The van der Waals surface area contributed by atoms with Crippen LogP contribution in [0.1, 0.15) is 42.8 Å². The third kappa shape index (κ3) is 7.12. The molecule has 1 N–H and O–H groups in total. The van der Waals surface area contributed by atoms with Crippen LogP contribution in [0.15, 0.2) is 34.1 Å². The number of carbonyl (C=O) groups is 3. The van der Waals surface area contributed by atoms with Crippen LogP contribution in [0.4, 0.5) is 0 Å². The number of amides is 2. The van der Waals surface area contributed by atoms with Gasteiger partial charge in [-0.25, -0.2) is 4.79 Å². The highest BCUT2D eigenvalue weighted by atomic mass is 79.9. The molecule has 1 aliphatic rings. The van der Waals surface area contributed by atoms with Crippen LogP contribution >= 0.6 is 27.3 Å². The highest BCUT2D eigenvalue weighted by Crippen LogP contribution is 2.37. The number of methoxy groups -OCH3 is 1. The van der Waals surface area contributed by atoms with Crippen molar-refractivity contribution >= 4 is 45.1 Å². The molecule has 0 saturated heterocycles. The summed E-state index contributed by atoms with van der Waals surface area (Å²) in [6, 6.07) is 6.31. The highest BCUT2D eigenvalue weighted by Gasteiger charge is 2.41. The fraction of sp³-hybridized carbons (Fsp3) is 0.444. The number of thiophene rings is 1. The molecular formula is C27H32BrN3O5S. The van der Waals surface area contributed by atoms with E-state index in [9.17, 15) is 14.4 Å². The van der Waals surface area contributed by atoms with Crippen molar-refractivity contribution in [2.45, 2.75) is 39.3 Å². The topological polar surface area (TPSA) is 88.2 Å². The summed E-state index contributed by atoms with van der Waals surface area (Å²) in [5, 5.41) is 5.18. The average molecular weight is 591 g/mol. The van der Waals surface area contributed by atoms with E-state index in [4.69, 9.17) is 9.47 Å². The Morgan fingerprint density at radius 1 is 1.32 bits per heavy atom. The second-order valence-electron chi connectivity index (χ2n) is 8.64. The third-order valence-corrected chi connectivity index (χ3v) is 7.36. The van der Waals surface area contributed by atoms with Crippen LogP contribution in [0.3, 0.4) is 0 Å². The Labute approximate surface area is 230 Å². The number of rotatable bonds is 8. The van der Waals surface area contributed by atoms with E-state index >= 15 is 0 Å². The van der Waals surface area contributed by atoms with Crippen molar-refractivity contribution in [1.82, 2.24) is 15.1 Å². The first-order valence-electron chi connectivity index (χ1n) is 12.2. The number of benzene rings is 1. The summed E-state index contributed by atoms with van der Waals surface area (Å²) < 4.78 is 11.3. The van der Waals surface area contributed by atoms with E-state index in [0.29, 0.717) is 41.8 Å². The predicted molar refractivity (Wildman–Crippen MR) is 146 cm³/mol. The molecule has 0 aliphatic carbocycles. The zero-order valence-electron chi connectivity index (χ0n) is 21.5. The molecule has 1 unspecified atom stereocenters. The van der Waals surface area contributed by atoms with E-state index in [2.05, 4.69) is 33.1 Å². The van der Waals surface area contributed by atoms with E-state index in [1.165, 1.54) is 9.80 Å². The number of fused-ring (bicyclic) bond motifs is 1. The van der Waals surface area contributed by atoms with Gasteiger partial charge in [0.1, 0.15) is 5.75 Å². The normalized spacial score (nSPS) is 14.4. The molecule has 1 atom stereocenters. The fourth-order valence-corrected chi connectivity index (χ4v) is 5.26. The van der Waals surface area contributed by atoms with Crippen molar-refractivity contribution in [2.75, 3.05) is 39.9 Å². The predicted octanol–water partition coefficient (Wildman–Crippen LogP) is 3.39. The van der Waals surface area contributed by atoms with Crippen LogP contribution in [-0.2, 0) is 25.5 Å². The van der Waals surface area contributed by atoms with Gasteiger partial charge in [0.25, 0.3) is 0 Å². The standard InChI is InChI=1S/C27H32BrN3O5S/c1-5-36-27(34)24-21-17-22(28)23(35-4)16-19(21)10-13-31(24)26(33)25(32)30(18(2)3)14-12-29-11-6-8-20-9-7-15-37-20/h7,9,15-18,24,29H,5,10-14H2,1-4H3. The summed E-state index contributed by atoms with van der Waals surface area (Å²) in [6.07, 6.45) is 0.486. The minimum Gasteiger partial charge on any atom is -0.496 e. The van der Waals surface area contributed by atoms with Crippen LogP contribution in [0.25, 0.3) is 0 Å². The van der Waals surface area contributed by atoms with Gasteiger partial charge in [-0.2, -0.15) is 0 Å². The number of nitrogens with one attached hydrogen (secondary N) is 1. The van der Waals surface area contributed by atoms with Gasteiger partial charge < -0.3 is 24.6 Å². The van der Waals surface area contributed by atoms with Gasteiger partial charge in [-0.3, -0.25) is 9.59 Å². The Balaban J connectivity index is 1.73. The summed E-state index contributed by atoms with van der Waals surface area (Å²) in [5.74, 6) is 4.83. The van der Waals surface area contributed by atoms with E-state index in [0.717, 1.165) is 10.4 Å². The number of hydrogen-bond acceptors (Lipinski definition) is 7. The number of ether oxygens (including phenoxy) is 2. The van der Waals surface area contributed by atoms with Crippen molar-refractivity contribution in [3.63, 3.8) is 0 Å². The summed E-state index contributed by atoms with van der Waals surface area (Å²) in [4.78, 5) is 43.7. The molecule has 8 nitrogen and oxygen atoms in total. The molecule has 0 bridgehead atoms. The Kier molecular flexibility index (Phi) is 10.6. The first kappa shape index (κ1) is 28.7. The Hall–Kier alpha value is -2.87. The number of esters is 1. The lowest BCUT2D eigenvalue weighted by atomic mass is 9.92. The lowest BCUT2D eigenvalue weighted by Crippen LogP contribution is -2.53. The average Bonchev–Trinajstić information content (AvgIpc) is 3.40. The van der Waals surface area contributed by atoms with E-state index in [1.807, 2.05) is 37.4 Å². The van der Waals surface area contributed by atoms with Crippen LogP contribution in [0.5, 0.6) is 5.75 Å². The first-order valence-corrected chi connectivity index (χ1v) is 13.8. The Bertz CT molecular complexity index is 1170. The fourth-order valence-electron chi connectivity index (χ4n) is 4.14. The number of nitrogens with zero attached hydrogens (tertiary/aromatic N) is 2. The molecule has 0 radical (unpaired) electrons. The molecule has 0 spiro atoms. The second kappa shape index (κ2) is 13.6. The Morgan fingerprint density at radius 2 is 2.11 bits per heavy atom. The zero-order valence-corrected chi connectivity index (χ0v) is 23.9. The summed E-state index contributed by atoms with van der Waals surface area (Å²) in [6.45, 7) is 7.09. The van der Waals surface area contributed by atoms with Gasteiger partial charge in [-0.05, 0) is 77.8 Å². The number of halogens is 1. The van der Waals surface area contributed by atoms with Crippen molar-refractivity contribution in [3.8, 4) is 17.6 Å². The molecule has 37 heavy (non-hydrogen) atoms. The highest BCUT2D eigenvalue weighted by molar-refractivity contribution is 9.10. The molecular weight excluding hydrogens is 558 g/mol. The van der Waals surface area contributed by atoms with E-state index in [-0.39, 0.29) is 19.2 Å². The van der Waals surface area contributed by atoms with Crippen LogP contribution < -0.4 is 10.1 Å². The molecule has 1 aromatic carbocycles. The smallest absolute Gasteiger partial charge is 0.333 e. The number of hydrogen-bond donors (Lipinski definition) is 1. The van der Waals surface area contributed by atoms with Crippen LogP contribution in [0.2, 0.25) is 0 Å². The molecule has 1 aliphatic heterocycles. The van der Waals surface area contributed by atoms with Gasteiger partial charge in [0.2, 0.25) is 0 Å². The minimum absolute atomic E-state index is 0.164. The molecule has 2 amide bonds. The molecule has 0 saturated carbocycles. The van der Waals surface area contributed by atoms with Crippen LogP contribution in [-0.4, -0.2) is 73.5 Å². The largest absolute Gasteiger partial charge is 0.496 e. The van der Waals surface area contributed by atoms with Gasteiger partial charge in [-0.1, -0.05) is 17.9 Å². The van der Waals surface area contributed by atoms with E-state index < -0.39 is 23.8 Å². The molecule has 198 valence electrons.